The molecule has 0 aromatic heterocycles. The summed E-state index contributed by atoms with van der Waals surface area (Å²) in [5.41, 5.74) is 15.2. The molecular formula is C32H47N7O2. The number of aliphatic imine (C=N–C) groups is 2. The molecule has 2 bridgehead atoms. The molecule has 6 N–H and O–H groups in total. The van der Waals surface area contributed by atoms with Gasteiger partial charge in [-0.15, -0.1) is 0 Å². The van der Waals surface area contributed by atoms with Crippen molar-refractivity contribution in [1.82, 2.24) is 15.5 Å². The predicted molar refractivity (Wildman–Crippen MR) is 168 cm³/mol. The molecule has 222 valence electrons. The van der Waals surface area contributed by atoms with Crippen molar-refractivity contribution in [2.45, 2.75) is 71.4 Å². The number of benzene rings is 2. The molecule has 3 rings (SSSR count). The first-order valence-corrected chi connectivity index (χ1v) is 14.8. The number of hydrogen-bond donors (Lipinski definition) is 4. The molecule has 0 unspecified atom stereocenters. The second-order valence-corrected chi connectivity index (χ2v) is 10.3. The van der Waals surface area contributed by atoms with E-state index in [2.05, 4.69) is 44.9 Å². The molecule has 2 aromatic carbocycles. The van der Waals surface area contributed by atoms with Crippen LogP contribution in [0.25, 0.3) is 0 Å². The highest BCUT2D eigenvalue weighted by Gasteiger charge is 2.15. The summed E-state index contributed by atoms with van der Waals surface area (Å²) in [7, 11) is 0. The van der Waals surface area contributed by atoms with Crippen molar-refractivity contribution >= 4 is 18.0 Å². The van der Waals surface area contributed by atoms with Crippen molar-refractivity contribution in [2.75, 3.05) is 26.2 Å². The summed E-state index contributed by atoms with van der Waals surface area (Å²) in [6.45, 7) is 5.58. The van der Waals surface area contributed by atoms with E-state index >= 15 is 0 Å². The Balaban J connectivity index is 1.48. The molecule has 41 heavy (non-hydrogen) atoms. The summed E-state index contributed by atoms with van der Waals surface area (Å²) in [4.78, 5) is 23.6. The van der Waals surface area contributed by atoms with Crippen LogP contribution in [0.4, 0.5) is 4.79 Å². The smallest absolute Gasteiger partial charge is 0.324 e. The molecule has 0 spiro atoms. The molecule has 9 nitrogen and oxygen atoms in total. The number of carbonyl (C=O) groups is 1. The predicted octanol–water partition coefficient (Wildman–Crippen LogP) is 4.86. The van der Waals surface area contributed by atoms with Crippen molar-refractivity contribution < 1.29 is 9.53 Å². The minimum absolute atomic E-state index is 0.119. The summed E-state index contributed by atoms with van der Waals surface area (Å²) in [5.74, 6) is 1.39. The molecule has 0 atom stereocenters. The number of allylic oxidation sites excluding steroid dienone is 1. The van der Waals surface area contributed by atoms with E-state index in [1.54, 1.807) is 0 Å². The maximum absolute atomic E-state index is 13.1. The molecule has 1 aliphatic rings. The first kappa shape index (κ1) is 31.5. The number of nitrogens with one attached hydrogen (secondary N) is 2. The van der Waals surface area contributed by atoms with Crippen LogP contribution in [-0.2, 0) is 19.6 Å². The van der Waals surface area contributed by atoms with E-state index in [0.29, 0.717) is 38.7 Å². The molecule has 0 aliphatic carbocycles. The number of nitrogens with two attached hydrogens (primary N) is 2. The van der Waals surface area contributed by atoms with Crippen molar-refractivity contribution in [3.05, 3.63) is 77.4 Å². The van der Waals surface area contributed by atoms with Gasteiger partial charge in [-0.1, -0.05) is 80.3 Å². The Hall–Kier alpha value is -4.01. The zero-order chi connectivity index (χ0) is 29.1. The van der Waals surface area contributed by atoms with Crippen molar-refractivity contribution in [3.8, 4) is 5.75 Å². The number of fused-ring (bicyclic) bond motifs is 3. The third-order valence-corrected chi connectivity index (χ3v) is 6.96. The lowest BCUT2D eigenvalue weighted by Gasteiger charge is -2.23. The van der Waals surface area contributed by atoms with E-state index in [9.17, 15) is 4.79 Å². The number of aryl methyl sites for hydroxylation is 1. The average Bonchev–Trinajstić information content (AvgIpc) is 2.97. The lowest BCUT2D eigenvalue weighted by Crippen LogP contribution is -2.46. The largest absolute Gasteiger partial charge is 0.489 e. The number of nitrogens with zero attached hydrogens (tertiary/aromatic N) is 3. The van der Waals surface area contributed by atoms with Crippen LogP contribution in [0.15, 0.2) is 70.7 Å². The number of unbranched alkanes of at least 4 members (excludes halogenated alkanes) is 5. The number of rotatable bonds is 11. The number of carbonyl (C=O) groups excluding carboxylic acids is 1. The van der Waals surface area contributed by atoms with Gasteiger partial charge in [0.15, 0.2) is 11.9 Å². The molecule has 0 saturated heterocycles. The van der Waals surface area contributed by atoms with Gasteiger partial charge in [-0.2, -0.15) is 0 Å². The van der Waals surface area contributed by atoms with Gasteiger partial charge in [0.25, 0.3) is 0 Å². The van der Waals surface area contributed by atoms with E-state index in [0.717, 1.165) is 74.8 Å². The Morgan fingerprint density at radius 3 is 2.73 bits per heavy atom. The number of urea groups is 1. The highest BCUT2D eigenvalue weighted by atomic mass is 16.5. The zero-order valence-corrected chi connectivity index (χ0v) is 24.5. The summed E-state index contributed by atoms with van der Waals surface area (Å²) in [6, 6.07) is 16.1. The number of ether oxygens (including phenoxy) is 1. The van der Waals surface area contributed by atoms with E-state index in [-0.39, 0.29) is 12.0 Å². The first-order chi connectivity index (χ1) is 20.0. The van der Waals surface area contributed by atoms with Crippen LogP contribution in [-0.4, -0.2) is 49.0 Å². The lowest BCUT2D eigenvalue weighted by molar-refractivity contribution is 0.200. The van der Waals surface area contributed by atoms with Crippen LogP contribution in [0, 0.1) is 0 Å². The third-order valence-electron chi connectivity index (χ3n) is 6.96. The second-order valence-electron chi connectivity index (χ2n) is 10.3. The standard InChI is InChI=1S/C32H47N7O2/c1-2-3-19-35-30(33)36-20-10-6-4-5-7-11-21-39-22-13-16-26-14-12-15-27(23-26)25-41-29-18-9-8-17-28(29)24-37-31(34)38-32(39)40/h2-3,8-9,12,14-15,17-18,23H,4-7,10-11,13,16,19-22,24-25H2,1H3,(H3,33,35,36)(H3,34,37,38,40)/b3-2+. The van der Waals surface area contributed by atoms with Gasteiger partial charge in [-0.3, -0.25) is 5.32 Å². The SMILES string of the molecule is C/C=C/CN=C(N)NCCCCCCCCN1CCCc2cccc(c2)COc2ccccc2CN=C(N)NC1=O. The molecule has 0 fully saturated rings. The maximum atomic E-state index is 13.1. The van der Waals surface area contributed by atoms with E-state index in [4.69, 9.17) is 16.2 Å². The molecule has 0 radical (unpaired) electrons. The van der Waals surface area contributed by atoms with Gasteiger partial charge in [-0.25, -0.2) is 14.8 Å². The highest BCUT2D eigenvalue weighted by molar-refractivity contribution is 5.95. The maximum Gasteiger partial charge on any atom is 0.324 e. The lowest BCUT2D eigenvalue weighted by atomic mass is 10.1. The van der Waals surface area contributed by atoms with Gasteiger partial charge < -0.3 is 26.4 Å². The minimum Gasteiger partial charge on any atom is -0.489 e. The molecule has 2 amide bonds. The molecule has 1 heterocycles. The van der Waals surface area contributed by atoms with E-state index in [1.807, 2.05) is 48.2 Å². The number of para-hydroxylation sites is 1. The van der Waals surface area contributed by atoms with Crippen LogP contribution in [0.3, 0.4) is 0 Å². The van der Waals surface area contributed by atoms with Gasteiger partial charge in [0.1, 0.15) is 12.4 Å². The molecule has 9 heteroatoms. The summed E-state index contributed by atoms with van der Waals surface area (Å²) >= 11 is 0. The minimum atomic E-state index is -0.198. The Kier molecular flexibility index (Phi) is 14.1. The summed E-state index contributed by atoms with van der Waals surface area (Å²) in [5, 5.41) is 5.95. The van der Waals surface area contributed by atoms with Gasteiger partial charge in [0.2, 0.25) is 0 Å². The second kappa shape index (κ2) is 18.4. The first-order valence-electron chi connectivity index (χ1n) is 14.8. The Morgan fingerprint density at radius 2 is 1.88 bits per heavy atom. The number of amides is 2. The molecule has 0 saturated carbocycles. The fourth-order valence-corrected chi connectivity index (χ4v) is 4.66. The van der Waals surface area contributed by atoms with Crippen LogP contribution in [0.2, 0.25) is 0 Å². The number of guanidine groups is 2. The zero-order valence-electron chi connectivity index (χ0n) is 24.5. The Bertz CT molecular complexity index is 1160. The van der Waals surface area contributed by atoms with Gasteiger partial charge in [0, 0.05) is 25.2 Å². The molecule has 1 aliphatic heterocycles. The fourth-order valence-electron chi connectivity index (χ4n) is 4.66. The van der Waals surface area contributed by atoms with Crippen LogP contribution >= 0.6 is 0 Å². The molecule has 2 aromatic rings. The highest BCUT2D eigenvalue weighted by Crippen LogP contribution is 2.21. The fraction of sp³-hybridized carbons (Fsp3) is 0.469. The quantitative estimate of drug-likeness (QED) is 0.135. The van der Waals surface area contributed by atoms with Gasteiger partial charge in [-0.05, 0) is 49.8 Å². The van der Waals surface area contributed by atoms with Gasteiger partial charge >= 0.3 is 6.03 Å². The van der Waals surface area contributed by atoms with E-state index in [1.165, 1.54) is 5.56 Å². The van der Waals surface area contributed by atoms with Crippen LogP contribution in [0.1, 0.15) is 68.6 Å². The topological polar surface area (TPSA) is 130 Å². The van der Waals surface area contributed by atoms with Crippen LogP contribution in [0.5, 0.6) is 5.75 Å². The van der Waals surface area contributed by atoms with Crippen molar-refractivity contribution in [1.29, 1.82) is 0 Å². The van der Waals surface area contributed by atoms with E-state index < -0.39 is 0 Å². The van der Waals surface area contributed by atoms with Crippen molar-refractivity contribution in [2.24, 2.45) is 21.5 Å². The third kappa shape index (κ3) is 12.4. The average molecular weight is 562 g/mol. The van der Waals surface area contributed by atoms with Crippen LogP contribution < -0.4 is 26.8 Å². The monoisotopic (exact) mass is 561 g/mol. The summed E-state index contributed by atoms with van der Waals surface area (Å²) < 4.78 is 6.10. The number of hydrogen-bond acceptors (Lipinski definition) is 5. The van der Waals surface area contributed by atoms with Gasteiger partial charge in [0.05, 0.1) is 13.1 Å². The molecular weight excluding hydrogens is 514 g/mol. The Morgan fingerprint density at radius 1 is 1.10 bits per heavy atom. The summed E-state index contributed by atoms with van der Waals surface area (Å²) in [6.07, 6.45) is 12.2. The Labute approximate surface area is 245 Å². The normalized spacial score (nSPS) is 15.1. The van der Waals surface area contributed by atoms with Crippen molar-refractivity contribution in [3.63, 3.8) is 0 Å².